The summed E-state index contributed by atoms with van der Waals surface area (Å²) in [6, 6.07) is 0.350. The number of alkyl halides is 6. The van der Waals surface area contributed by atoms with Crippen molar-refractivity contribution in [2.45, 2.75) is 51.2 Å². The fraction of sp³-hybridized carbons (Fsp3) is 0.700. The number of likely N-dealkylation sites (N-methyl/N-ethyl adjacent to an activating group) is 1. The molecule has 0 aromatic carbocycles. The maximum Gasteiger partial charge on any atom is 0.490 e. The second-order valence-electron chi connectivity index (χ2n) is 7.74. The van der Waals surface area contributed by atoms with Gasteiger partial charge in [0.15, 0.2) is 5.82 Å². The van der Waals surface area contributed by atoms with Crippen molar-refractivity contribution in [1.29, 1.82) is 0 Å². The number of aromatic nitrogens is 2. The van der Waals surface area contributed by atoms with Gasteiger partial charge in [0.1, 0.15) is 0 Å². The topological polar surface area (TPSA) is 116 Å². The summed E-state index contributed by atoms with van der Waals surface area (Å²) in [5.74, 6) is -4.77. The van der Waals surface area contributed by atoms with Crippen molar-refractivity contribution >= 4 is 17.9 Å². The third-order valence-corrected chi connectivity index (χ3v) is 5.39. The first-order valence-corrected chi connectivity index (χ1v) is 10.8. The Morgan fingerprint density at radius 3 is 1.92 bits per heavy atom. The quantitative estimate of drug-likeness (QED) is 0.560. The van der Waals surface area contributed by atoms with Gasteiger partial charge in [0.2, 0.25) is 5.95 Å². The van der Waals surface area contributed by atoms with E-state index in [4.69, 9.17) is 24.5 Å². The lowest BCUT2D eigenvalue weighted by Gasteiger charge is -2.49. The molecular formula is C20H27F7N4O5. The lowest BCUT2D eigenvalue weighted by molar-refractivity contribution is -0.193. The minimum atomic E-state index is -5.08. The van der Waals surface area contributed by atoms with Crippen LogP contribution in [0, 0.1) is 11.7 Å². The summed E-state index contributed by atoms with van der Waals surface area (Å²) in [6.45, 7) is 9.00. The highest BCUT2D eigenvalue weighted by molar-refractivity contribution is 5.73. The van der Waals surface area contributed by atoms with Crippen LogP contribution in [0.15, 0.2) is 12.4 Å². The summed E-state index contributed by atoms with van der Waals surface area (Å²) >= 11 is 0. The molecule has 2 saturated heterocycles. The molecule has 0 amide bonds. The predicted molar refractivity (Wildman–Crippen MR) is 111 cm³/mol. The van der Waals surface area contributed by atoms with E-state index in [-0.39, 0.29) is 5.82 Å². The van der Waals surface area contributed by atoms with Crippen LogP contribution >= 0.6 is 0 Å². The molecule has 16 heteroatoms. The van der Waals surface area contributed by atoms with Crippen LogP contribution in [0.25, 0.3) is 0 Å². The summed E-state index contributed by atoms with van der Waals surface area (Å²) in [6.07, 6.45) is -5.08. The molecule has 2 aliphatic heterocycles. The van der Waals surface area contributed by atoms with Crippen LogP contribution in [0.4, 0.5) is 36.7 Å². The van der Waals surface area contributed by atoms with Crippen molar-refractivity contribution in [1.82, 2.24) is 14.9 Å². The molecule has 0 unspecified atom stereocenters. The molecule has 2 aliphatic rings. The van der Waals surface area contributed by atoms with Crippen molar-refractivity contribution in [2.24, 2.45) is 5.92 Å². The Labute approximate surface area is 201 Å². The number of carbonyl (C=O) groups is 2. The number of ether oxygens (including phenoxy) is 1. The largest absolute Gasteiger partial charge is 0.490 e. The Hall–Kier alpha value is -2.75. The highest BCUT2D eigenvalue weighted by atomic mass is 19.4. The molecule has 0 bridgehead atoms. The number of carboxylic acids is 2. The summed E-state index contributed by atoms with van der Waals surface area (Å²) in [5.41, 5.74) is 0. The van der Waals surface area contributed by atoms with Crippen LogP contribution in [0.3, 0.4) is 0 Å². The first-order chi connectivity index (χ1) is 16.6. The molecule has 3 rings (SSSR count). The highest BCUT2D eigenvalue weighted by Crippen LogP contribution is 2.32. The Balaban J connectivity index is 0.000000383. The van der Waals surface area contributed by atoms with Crippen molar-refractivity contribution in [3.8, 4) is 0 Å². The Kier molecular flexibility index (Phi) is 11.8. The van der Waals surface area contributed by atoms with Gasteiger partial charge in [-0.3, -0.25) is 4.90 Å². The van der Waals surface area contributed by atoms with Crippen molar-refractivity contribution in [3.63, 3.8) is 0 Å². The molecular weight excluding hydrogens is 509 g/mol. The molecule has 0 aliphatic carbocycles. The van der Waals surface area contributed by atoms with E-state index in [2.05, 4.69) is 33.6 Å². The second-order valence-corrected chi connectivity index (χ2v) is 7.74. The predicted octanol–water partition coefficient (Wildman–Crippen LogP) is 3.21. The molecule has 36 heavy (non-hydrogen) atoms. The van der Waals surface area contributed by atoms with E-state index in [9.17, 15) is 30.7 Å². The minimum Gasteiger partial charge on any atom is -0.475 e. The lowest BCUT2D eigenvalue weighted by Crippen LogP contribution is -2.61. The zero-order valence-electron chi connectivity index (χ0n) is 19.4. The zero-order chi connectivity index (χ0) is 27.7. The van der Waals surface area contributed by atoms with Crippen LogP contribution in [0.2, 0.25) is 0 Å². The molecule has 0 saturated carbocycles. The number of rotatable bonds is 4. The van der Waals surface area contributed by atoms with Gasteiger partial charge >= 0.3 is 24.3 Å². The monoisotopic (exact) mass is 536 g/mol. The van der Waals surface area contributed by atoms with Gasteiger partial charge in [0.05, 0.1) is 24.5 Å². The molecule has 206 valence electrons. The molecule has 0 radical (unpaired) electrons. The number of halogens is 7. The molecule has 1 aromatic rings. The molecule has 2 N–H and O–H groups in total. The summed E-state index contributed by atoms with van der Waals surface area (Å²) < 4.78 is 82.7. The molecule has 2 fully saturated rings. The third-order valence-electron chi connectivity index (χ3n) is 5.39. The number of fused-ring (bicyclic) bond motifs is 1. The van der Waals surface area contributed by atoms with Crippen molar-refractivity contribution in [3.05, 3.63) is 18.2 Å². The Morgan fingerprint density at radius 1 is 1.03 bits per heavy atom. The van der Waals surface area contributed by atoms with Gasteiger partial charge < -0.3 is 19.8 Å². The van der Waals surface area contributed by atoms with E-state index >= 15 is 0 Å². The third kappa shape index (κ3) is 9.72. The fourth-order valence-electron chi connectivity index (χ4n) is 3.82. The van der Waals surface area contributed by atoms with Gasteiger partial charge in [0.25, 0.3) is 0 Å². The van der Waals surface area contributed by atoms with Gasteiger partial charge in [-0.1, -0.05) is 13.8 Å². The number of aliphatic carboxylic acids is 2. The lowest BCUT2D eigenvalue weighted by atomic mass is 9.85. The average Bonchev–Trinajstić information content (AvgIpc) is 2.80. The smallest absolute Gasteiger partial charge is 0.475 e. The average molecular weight is 536 g/mol. The van der Waals surface area contributed by atoms with Crippen LogP contribution in [-0.2, 0) is 14.3 Å². The number of piperidine rings is 1. The number of carboxylic acid groups (broad SMARTS) is 2. The molecule has 0 spiro atoms. The number of anilines is 1. The van der Waals surface area contributed by atoms with Crippen LogP contribution < -0.4 is 4.90 Å². The Bertz CT molecular complexity index is 811. The minimum absolute atomic E-state index is 0.297. The van der Waals surface area contributed by atoms with E-state index in [0.717, 1.165) is 39.2 Å². The van der Waals surface area contributed by atoms with Crippen molar-refractivity contribution < 1.29 is 55.3 Å². The number of hydrogen-bond acceptors (Lipinski definition) is 7. The van der Waals surface area contributed by atoms with E-state index < -0.39 is 24.3 Å². The molecule has 9 nitrogen and oxygen atoms in total. The molecule has 1 aromatic heterocycles. The first-order valence-electron chi connectivity index (χ1n) is 10.8. The normalized spacial score (nSPS) is 21.9. The summed E-state index contributed by atoms with van der Waals surface area (Å²) in [5, 5.41) is 14.2. The summed E-state index contributed by atoms with van der Waals surface area (Å²) in [7, 11) is 0. The van der Waals surface area contributed by atoms with Crippen LogP contribution in [-0.4, -0.2) is 94.3 Å². The standard InChI is InChI=1S/C16H25FN4O.2C2HF3O2/c1-3-20(4-2)14-11-21(16-18-8-13(17)9-19-16)10-12-6-5-7-22-15(12)14;2*3-2(4,5)1(6)7/h8-9,12,14-15H,3-7,10-11H2,1-2H3;2*(H,6,7)/t12-,14+,15-;;/m0../s1. The van der Waals surface area contributed by atoms with Gasteiger partial charge in [-0.05, 0) is 25.9 Å². The SMILES string of the molecule is CCN(CC)[C@@H]1CN(c2ncc(F)cn2)C[C@@H]2CCCO[C@@H]21.O=C(O)C(F)(F)F.O=C(O)C(F)(F)F. The zero-order valence-corrected chi connectivity index (χ0v) is 19.4. The number of nitrogens with zero attached hydrogens (tertiary/aromatic N) is 4. The first kappa shape index (κ1) is 31.3. The molecule has 3 atom stereocenters. The number of hydrogen-bond donors (Lipinski definition) is 2. The van der Waals surface area contributed by atoms with E-state index in [1.807, 2.05) is 0 Å². The van der Waals surface area contributed by atoms with Gasteiger partial charge in [-0.2, -0.15) is 26.3 Å². The maximum absolute atomic E-state index is 13.1. The Morgan fingerprint density at radius 2 is 1.50 bits per heavy atom. The van der Waals surface area contributed by atoms with Gasteiger partial charge in [0, 0.05) is 25.6 Å². The summed E-state index contributed by atoms with van der Waals surface area (Å²) in [4.78, 5) is 30.8. The van der Waals surface area contributed by atoms with E-state index in [1.54, 1.807) is 0 Å². The fourth-order valence-corrected chi connectivity index (χ4v) is 3.82. The van der Waals surface area contributed by atoms with E-state index in [0.29, 0.717) is 24.0 Å². The van der Waals surface area contributed by atoms with Crippen molar-refractivity contribution in [2.75, 3.05) is 37.7 Å². The van der Waals surface area contributed by atoms with Crippen LogP contribution in [0.5, 0.6) is 0 Å². The second kappa shape index (κ2) is 13.5. The van der Waals surface area contributed by atoms with Crippen LogP contribution in [0.1, 0.15) is 26.7 Å². The molecule has 3 heterocycles. The van der Waals surface area contributed by atoms with Gasteiger partial charge in [-0.15, -0.1) is 0 Å². The van der Waals surface area contributed by atoms with Gasteiger partial charge in [-0.25, -0.2) is 23.9 Å². The van der Waals surface area contributed by atoms with E-state index in [1.165, 1.54) is 18.8 Å². The maximum atomic E-state index is 13.1. The highest BCUT2D eigenvalue weighted by Gasteiger charge is 2.42.